The molecule has 0 bridgehead atoms. The van der Waals surface area contributed by atoms with Gasteiger partial charge in [0.15, 0.2) is 0 Å². The van der Waals surface area contributed by atoms with E-state index in [1.807, 2.05) is 0 Å². The van der Waals surface area contributed by atoms with Gasteiger partial charge in [-0.05, 0) is 32.9 Å². The van der Waals surface area contributed by atoms with E-state index in [2.05, 4.69) is 10.3 Å². The Labute approximate surface area is 110 Å². The highest BCUT2D eigenvalue weighted by Crippen LogP contribution is 2.07. The number of esters is 1. The second kappa shape index (κ2) is 4.79. The predicted octanol–water partition coefficient (Wildman–Crippen LogP) is 1.13. The molecule has 2 rings (SSSR count). The Bertz CT molecular complexity index is 671. The fourth-order valence-corrected chi connectivity index (χ4v) is 1.62. The molecule has 0 fully saturated rings. The zero-order chi connectivity index (χ0) is 14.0. The van der Waals surface area contributed by atoms with Crippen molar-refractivity contribution in [1.29, 1.82) is 0 Å². The largest absolute Gasteiger partial charge is 0.459 e. The van der Waals surface area contributed by atoms with Crippen LogP contribution in [-0.4, -0.2) is 26.6 Å². The van der Waals surface area contributed by atoms with Crippen LogP contribution in [0.2, 0.25) is 0 Å². The van der Waals surface area contributed by atoms with Gasteiger partial charge in [-0.25, -0.2) is 0 Å². The van der Waals surface area contributed by atoms with Gasteiger partial charge in [0.05, 0.1) is 5.39 Å². The molecule has 0 radical (unpaired) electrons. The Morgan fingerprint density at radius 1 is 1.32 bits per heavy atom. The smallest absolute Gasteiger partial charge is 0.328 e. The zero-order valence-corrected chi connectivity index (χ0v) is 11.1. The molecule has 0 aliphatic carbocycles. The molecule has 1 aromatic heterocycles. The van der Waals surface area contributed by atoms with Crippen molar-refractivity contribution in [3.8, 4) is 0 Å². The maximum atomic E-state index is 12.1. The van der Waals surface area contributed by atoms with Crippen molar-refractivity contribution in [2.75, 3.05) is 0 Å². The van der Waals surface area contributed by atoms with Crippen LogP contribution in [0.4, 0.5) is 0 Å². The van der Waals surface area contributed by atoms with E-state index in [9.17, 15) is 9.59 Å². The van der Waals surface area contributed by atoms with Gasteiger partial charge in [-0.1, -0.05) is 17.3 Å². The summed E-state index contributed by atoms with van der Waals surface area (Å²) >= 11 is 0. The number of rotatable bonds is 2. The van der Waals surface area contributed by atoms with E-state index in [0.29, 0.717) is 10.9 Å². The summed E-state index contributed by atoms with van der Waals surface area (Å²) in [6.45, 7) is 5.05. The highest BCUT2D eigenvalue weighted by Gasteiger charge is 2.18. The minimum absolute atomic E-state index is 0.242. The third-order valence-electron chi connectivity index (χ3n) is 2.33. The van der Waals surface area contributed by atoms with Crippen molar-refractivity contribution in [3.63, 3.8) is 0 Å². The lowest BCUT2D eigenvalue weighted by molar-refractivity contribution is -0.155. The van der Waals surface area contributed by atoms with E-state index in [-0.39, 0.29) is 12.1 Å². The van der Waals surface area contributed by atoms with Gasteiger partial charge in [-0.3, -0.25) is 9.59 Å². The Kier molecular flexibility index (Phi) is 3.33. The van der Waals surface area contributed by atoms with Crippen molar-refractivity contribution < 1.29 is 9.53 Å². The first-order valence-electron chi connectivity index (χ1n) is 5.91. The van der Waals surface area contributed by atoms with Gasteiger partial charge in [-0.2, -0.15) is 4.68 Å². The molecule has 6 nitrogen and oxygen atoms in total. The molecule has 100 valence electrons. The second-order valence-corrected chi connectivity index (χ2v) is 5.16. The first-order valence-corrected chi connectivity index (χ1v) is 5.91. The Balaban J connectivity index is 2.29. The fraction of sp³-hybridized carbons (Fsp3) is 0.385. The molecule has 0 saturated carbocycles. The van der Waals surface area contributed by atoms with Crippen LogP contribution in [0, 0.1) is 0 Å². The summed E-state index contributed by atoms with van der Waals surface area (Å²) in [5.74, 6) is -0.515. The maximum Gasteiger partial charge on any atom is 0.328 e. The average molecular weight is 261 g/mol. The van der Waals surface area contributed by atoms with Gasteiger partial charge in [0.1, 0.15) is 17.7 Å². The fourth-order valence-electron chi connectivity index (χ4n) is 1.62. The van der Waals surface area contributed by atoms with Crippen molar-refractivity contribution in [3.05, 3.63) is 34.6 Å². The van der Waals surface area contributed by atoms with Crippen molar-refractivity contribution in [2.24, 2.45) is 0 Å². The van der Waals surface area contributed by atoms with Gasteiger partial charge in [0, 0.05) is 0 Å². The van der Waals surface area contributed by atoms with Crippen LogP contribution < -0.4 is 5.56 Å². The predicted molar refractivity (Wildman–Crippen MR) is 69.6 cm³/mol. The molecule has 1 heterocycles. The van der Waals surface area contributed by atoms with E-state index in [1.54, 1.807) is 45.0 Å². The molecule has 0 aliphatic rings. The van der Waals surface area contributed by atoms with Crippen LogP contribution >= 0.6 is 0 Å². The molecule has 1 aromatic carbocycles. The van der Waals surface area contributed by atoms with E-state index in [1.165, 1.54) is 0 Å². The number of carbonyl (C=O) groups is 1. The number of nitrogens with zero attached hydrogens (tertiary/aromatic N) is 3. The van der Waals surface area contributed by atoms with Crippen LogP contribution in [0.5, 0.6) is 0 Å². The molecule has 2 aromatic rings. The van der Waals surface area contributed by atoms with Crippen molar-refractivity contribution in [1.82, 2.24) is 15.0 Å². The summed E-state index contributed by atoms with van der Waals surface area (Å²) in [7, 11) is 0. The number of ether oxygens (including phenoxy) is 1. The highest BCUT2D eigenvalue weighted by atomic mass is 16.6. The van der Waals surface area contributed by atoms with Crippen molar-refractivity contribution >= 4 is 16.9 Å². The van der Waals surface area contributed by atoms with Crippen LogP contribution in [0.25, 0.3) is 10.9 Å². The monoisotopic (exact) mass is 261 g/mol. The molecule has 0 unspecified atom stereocenters. The average Bonchev–Trinajstić information content (AvgIpc) is 2.31. The number of benzene rings is 1. The second-order valence-electron chi connectivity index (χ2n) is 5.16. The molecule has 0 aliphatic heterocycles. The van der Waals surface area contributed by atoms with Gasteiger partial charge >= 0.3 is 5.97 Å². The molecular weight excluding hydrogens is 246 g/mol. The lowest BCUT2D eigenvalue weighted by Gasteiger charge is -2.19. The normalized spacial score (nSPS) is 11.5. The van der Waals surface area contributed by atoms with Crippen LogP contribution in [0.1, 0.15) is 20.8 Å². The number of hydrogen-bond acceptors (Lipinski definition) is 5. The Morgan fingerprint density at radius 2 is 2.00 bits per heavy atom. The van der Waals surface area contributed by atoms with E-state index in [0.717, 1.165) is 4.68 Å². The molecule has 0 N–H and O–H groups in total. The number of aromatic nitrogens is 3. The first-order chi connectivity index (χ1) is 8.87. The minimum Gasteiger partial charge on any atom is -0.459 e. The molecule has 0 spiro atoms. The SMILES string of the molecule is CC(C)(C)OC(=O)Cn1nnc2ccccc2c1=O. The van der Waals surface area contributed by atoms with Gasteiger partial charge in [0.25, 0.3) is 5.56 Å². The molecule has 19 heavy (non-hydrogen) atoms. The topological polar surface area (TPSA) is 74.1 Å². The van der Waals surface area contributed by atoms with E-state index < -0.39 is 11.6 Å². The molecule has 0 saturated heterocycles. The lowest BCUT2D eigenvalue weighted by atomic mass is 10.2. The van der Waals surface area contributed by atoms with Crippen LogP contribution in [0.3, 0.4) is 0 Å². The minimum atomic E-state index is -0.592. The summed E-state index contributed by atoms with van der Waals surface area (Å²) in [5, 5.41) is 8.06. The quantitative estimate of drug-likeness (QED) is 0.758. The van der Waals surface area contributed by atoms with Crippen LogP contribution in [0.15, 0.2) is 29.1 Å². The van der Waals surface area contributed by atoms with Crippen LogP contribution in [-0.2, 0) is 16.1 Å². The Hall–Kier alpha value is -2.24. The summed E-state index contributed by atoms with van der Waals surface area (Å²) < 4.78 is 6.15. The number of fused-ring (bicyclic) bond motifs is 1. The highest BCUT2D eigenvalue weighted by molar-refractivity contribution is 5.77. The number of carbonyl (C=O) groups excluding carboxylic acids is 1. The van der Waals surface area contributed by atoms with Gasteiger partial charge in [-0.15, -0.1) is 5.10 Å². The molecule has 0 amide bonds. The van der Waals surface area contributed by atoms with E-state index >= 15 is 0 Å². The Morgan fingerprint density at radius 3 is 2.68 bits per heavy atom. The number of hydrogen-bond donors (Lipinski definition) is 0. The van der Waals surface area contributed by atoms with Gasteiger partial charge < -0.3 is 4.74 Å². The van der Waals surface area contributed by atoms with Crippen molar-refractivity contribution in [2.45, 2.75) is 32.9 Å². The third-order valence-corrected chi connectivity index (χ3v) is 2.33. The molecule has 0 atom stereocenters. The molecular formula is C13H15N3O3. The zero-order valence-electron chi connectivity index (χ0n) is 11.1. The van der Waals surface area contributed by atoms with Gasteiger partial charge in [0.2, 0.25) is 0 Å². The molecule has 6 heteroatoms. The summed E-state index contributed by atoms with van der Waals surface area (Å²) in [6, 6.07) is 6.86. The summed E-state index contributed by atoms with van der Waals surface area (Å²) in [6.07, 6.45) is 0. The lowest BCUT2D eigenvalue weighted by Crippen LogP contribution is -2.32. The first kappa shape index (κ1) is 13.2. The third kappa shape index (κ3) is 3.15. The summed E-state index contributed by atoms with van der Waals surface area (Å²) in [5.41, 5.74) is -0.435. The standard InChI is InChI=1S/C13H15N3O3/c1-13(2,3)19-11(17)8-16-12(18)9-6-4-5-7-10(9)14-15-16/h4-7H,8H2,1-3H3. The summed E-state index contributed by atoms with van der Waals surface area (Å²) in [4.78, 5) is 23.7. The maximum absolute atomic E-state index is 12.1. The van der Waals surface area contributed by atoms with E-state index in [4.69, 9.17) is 4.74 Å².